The first-order valence-electron chi connectivity index (χ1n) is 4.13. The van der Waals surface area contributed by atoms with Crippen LogP contribution in [0.25, 0.3) is 5.53 Å². The van der Waals surface area contributed by atoms with Crippen LogP contribution in [0, 0.1) is 5.92 Å². The molecule has 12 heavy (non-hydrogen) atoms. The molecule has 0 radical (unpaired) electrons. The van der Waals surface area contributed by atoms with Crippen molar-refractivity contribution in [1.29, 1.82) is 0 Å². The standard InChI is InChI=1S/C10H10N2/c1-7-6-8-4-2-3-5-9(8)10(7)12-11/h2-5,7H,6H2,1H3. The number of nitrogens with zero attached hydrogens (tertiary/aromatic N) is 2. The van der Waals surface area contributed by atoms with E-state index in [1.54, 1.807) is 0 Å². The molecule has 1 aliphatic rings. The lowest BCUT2D eigenvalue weighted by atomic mass is 10.1. The van der Waals surface area contributed by atoms with Gasteiger partial charge < -0.3 is 5.53 Å². The molecule has 0 aromatic heterocycles. The van der Waals surface area contributed by atoms with Gasteiger partial charge in [0.2, 0.25) is 0 Å². The van der Waals surface area contributed by atoms with Crippen LogP contribution in [-0.2, 0) is 6.42 Å². The zero-order valence-corrected chi connectivity index (χ0v) is 6.99. The smallest absolute Gasteiger partial charge is 0.302 e. The summed E-state index contributed by atoms with van der Waals surface area (Å²) < 4.78 is 0. The molecular weight excluding hydrogens is 148 g/mol. The summed E-state index contributed by atoms with van der Waals surface area (Å²) in [5.41, 5.74) is 12.0. The van der Waals surface area contributed by atoms with Gasteiger partial charge in [-0.25, -0.2) is 0 Å². The van der Waals surface area contributed by atoms with E-state index in [4.69, 9.17) is 5.53 Å². The largest absolute Gasteiger partial charge is 0.361 e. The average molecular weight is 158 g/mol. The minimum absolute atomic E-state index is 0.354. The third kappa shape index (κ3) is 0.892. The maximum absolute atomic E-state index is 8.77. The minimum atomic E-state index is 0.354. The van der Waals surface area contributed by atoms with Gasteiger partial charge in [0, 0.05) is 0 Å². The van der Waals surface area contributed by atoms with Crippen LogP contribution < -0.4 is 0 Å². The van der Waals surface area contributed by atoms with Crippen molar-refractivity contribution in [3.8, 4) is 0 Å². The van der Waals surface area contributed by atoms with Crippen LogP contribution in [0.3, 0.4) is 0 Å². The van der Waals surface area contributed by atoms with Gasteiger partial charge in [-0.05, 0) is 18.1 Å². The number of fused-ring (bicyclic) bond motifs is 1. The first kappa shape index (κ1) is 7.26. The molecule has 2 heteroatoms. The molecule has 0 spiro atoms. The van der Waals surface area contributed by atoms with E-state index in [0.29, 0.717) is 5.92 Å². The van der Waals surface area contributed by atoms with E-state index in [2.05, 4.69) is 17.8 Å². The van der Waals surface area contributed by atoms with Crippen LogP contribution in [0.2, 0.25) is 0 Å². The Hall–Kier alpha value is -1.40. The summed E-state index contributed by atoms with van der Waals surface area (Å²) in [6, 6.07) is 8.09. The second-order valence-electron chi connectivity index (χ2n) is 3.25. The summed E-state index contributed by atoms with van der Waals surface area (Å²) in [5.74, 6) is 0.354. The van der Waals surface area contributed by atoms with E-state index in [-0.39, 0.29) is 0 Å². The minimum Gasteiger partial charge on any atom is -0.361 e. The second-order valence-corrected chi connectivity index (χ2v) is 3.25. The second kappa shape index (κ2) is 2.58. The molecule has 0 saturated carbocycles. The Morgan fingerprint density at radius 3 is 2.92 bits per heavy atom. The topological polar surface area (TPSA) is 36.4 Å². The molecule has 0 N–H and O–H groups in total. The highest BCUT2D eigenvalue weighted by Crippen LogP contribution is 2.25. The quantitative estimate of drug-likeness (QED) is 0.408. The fourth-order valence-electron chi connectivity index (χ4n) is 1.79. The van der Waals surface area contributed by atoms with E-state index < -0.39 is 0 Å². The van der Waals surface area contributed by atoms with Gasteiger partial charge in [-0.2, -0.15) is 4.79 Å². The zero-order chi connectivity index (χ0) is 8.55. The monoisotopic (exact) mass is 158 g/mol. The molecule has 0 fully saturated rings. The van der Waals surface area contributed by atoms with Gasteiger partial charge in [-0.15, -0.1) is 0 Å². The van der Waals surface area contributed by atoms with Gasteiger partial charge >= 0.3 is 5.71 Å². The summed E-state index contributed by atoms with van der Waals surface area (Å²) in [7, 11) is 0. The lowest BCUT2D eigenvalue weighted by molar-refractivity contribution is -0.00960. The third-order valence-electron chi connectivity index (χ3n) is 2.39. The van der Waals surface area contributed by atoms with Gasteiger partial charge in [0.15, 0.2) is 0 Å². The zero-order valence-electron chi connectivity index (χ0n) is 6.99. The molecule has 0 saturated heterocycles. The van der Waals surface area contributed by atoms with E-state index >= 15 is 0 Å². The Bertz CT molecular complexity index is 362. The fraction of sp³-hybridized carbons (Fsp3) is 0.300. The molecular formula is C10H10N2. The van der Waals surface area contributed by atoms with Crippen LogP contribution in [-0.4, -0.2) is 10.5 Å². The molecule has 0 heterocycles. The highest BCUT2D eigenvalue weighted by atomic mass is 14.9. The van der Waals surface area contributed by atoms with Crippen molar-refractivity contribution >= 4 is 5.71 Å². The molecule has 1 aromatic rings. The number of hydrogen-bond acceptors (Lipinski definition) is 0. The fourth-order valence-corrected chi connectivity index (χ4v) is 1.79. The molecule has 0 aliphatic heterocycles. The normalized spacial score (nSPS) is 20.4. The van der Waals surface area contributed by atoms with Crippen molar-refractivity contribution < 1.29 is 4.79 Å². The Balaban J connectivity index is 2.62. The van der Waals surface area contributed by atoms with Gasteiger partial charge in [-0.1, -0.05) is 25.1 Å². The van der Waals surface area contributed by atoms with Crippen LogP contribution >= 0.6 is 0 Å². The average Bonchev–Trinajstić information content (AvgIpc) is 2.40. The van der Waals surface area contributed by atoms with E-state index in [9.17, 15) is 0 Å². The highest BCUT2D eigenvalue weighted by Gasteiger charge is 2.30. The van der Waals surface area contributed by atoms with Crippen LogP contribution in [0.5, 0.6) is 0 Å². The van der Waals surface area contributed by atoms with Crippen molar-refractivity contribution in [2.75, 3.05) is 0 Å². The van der Waals surface area contributed by atoms with Crippen molar-refractivity contribution in [2.45, 2.75) is 13.3 Å². The van der Waals surface area contributed by atoms with Crippen LogP contribution in [0.15, 0.2) is 24.3 Å². The van der Waals surface area contributed by atoms with Crippen molar-refractivity contribution in [3.63, 3.8) is 0 Å². The van der Waals surface area contributed by atoms with E-state index in [0.717, 1.165) is 17.7 Å². The molecule has 1 aliphatic carbocycles. The first-order chi connectivity index (χ1) is 5.83. The lowest BCUT2D eigenvalue weighted by Gasteiger charge is -1.90. The summed E-state index contributed by atoms with van der Waals surface area (Å²) in [6.07, 6.45) is 0.996. The van der Waals surface area contributed by atoms with Gasteiger partial charge in [0.1, 0.15) is 0 Å². The summed E-state index contributed by atoms with van der Waals surface area (Å²) in [6.45, 7) is 2.08. The molecule has 1 unspecified atom stereocenters. The molecule has 2 nitrogen and oxygen atoms in total. The number of benzene rings is 1. The predicted octanol–water partition coefficient (Wildman–Crippen LogP) is 1.90. The van der Waals surface area contributed by atoms with Crippen LogP contribution in [0.1, 0.15) is 18.1 Å². The molecule has 0 bridgehead atoms. The summed E-state index contributed by atoms with van der Waals surface area (Å²) in [4.78, 5) is 3.33. The van der Waals surface area contributed by atoms with Gasteiger partial charge in [-0.3, -0.25) is 0 Å². The van der Waals surface area contributed by atoms with E-state index in [1.165, 1.54) is 5.56 Å². The van der Waals surface area contributed by atoms with E-state index in [1.807, 2.05) is 18.2 Å². The summed E-state index contributed by atoms with van der Waals surface area (Å²) >= 11 is 0. The molecule has 1 atom stereocenters. The molecule has 60 valence electrons. The Labute approximate surface area is 71.5 Å². The SMILES string of the molecule is CC1Cc2ccccc2C1=[N+]=[N-]. The van der Waals surface area contributed by atoms with Crippen LogP contribution in [0.4, 0.5) is 0 Å². The van der Waals surface area contributed by atoms with Crippen molar-refractivity contribution in [1.82, 2.24) is 0 Å². The predicted molar refractivity (Wildman–Crippen MR) is 47.0 cm³/mol. The highest BCUT2D eigenvalue weighted by molar-refractivity contribution is 6.02. The number of hydrogen-bond donors (Lipinski definition) is 0. The first-order valence-corrected chi connectivity index (χ1v) is 4.13. The molecule has 2 rings (SSSR count). The Morgan fingerprint density at radius 2 is 2.17 bits per heavy atom. The van der Waals surface area contributed by atoms with Gasteiger partial charge in [0.25, 0.3) is 0 Å². The van der Waals surface area contributed by atoms with Crippen molar-refractivity contribution in [2.24, 2.45) is 5.92 Å². The Morgan fingerprint density at radius 1 is 1.42 bits per heavy atom. The number of rotatable bonds is 0. The molecule has 0 amide bonds. The summed E-state index contributed by atoms with van der Waals surface area (Å²) in [5, 5.41) is 0. The molecule has 1 aromatic carbocycles. The van der Waals surface area contributed by atoms with Crippen molar-refractivity contribution in [3.05, 3.63) is 40.9 Å². The maximum Gasteiger partial charge on any atom is 0.302 e. The maximum atomic E-state index is 8.77. The van der Waals surface area contributed by atoms with Gasteiger partial charge in [0.05, 0.1) is 11.5 Å². The lowest BCUT2D eigenvalue weighted by Crippen LogP contribution is -2.06. The Kier molecular flexibility index (Phi) is 1.56. The third-order valence-corrected chi connectivity index (χ3v) is 2.39.